The van der Waals surface area contributed by atoms with Crippen LogP contribution in [0.1, 0.15) is 28.9 Å². The van der Waals surface area contributed by atoms with Gasteiger partial charge in [0.1, 0.15) is 0 Å². The van der Waals surface area contributed by atoms with Gasteiger partial charge in [-0.3, -0.25) is 14.9 Å². The molecule has 0 spiro atoms. The normalized spacial score (nSPS) is 14.9. The second kappa shape index (κ2) is 6.64. The van der Waals surface area contributed by atoms with Crippen molar-refractivity contribution in [2.75, 3.05) is 16.8 Å². The van der Waals surface area contributed by atoms with Gasteiger partial charge in [0, 0.05) is 23.4 Å². The molecule has 3 rings (SSSR count). The summed E-state index contributed by atoms with van der Waals surface area (Å²) < 4.78 is 37.8. The first-order valence-electron chi connectivity index (χ1n) is 7.19. The van der Waals surface area contributed by atoms with E-state index >= 15 is 0 Å². The van der Waals surface area contributed by atoms with Crippen LogP contribution < -0.4 is 10.2 Å². The van der Waals surface area contributed by atoms with E-state index < -0.39 is 17.8 Å². The fourth-order valence-corrected chi connectivity index (χ4v) is 3.33. The molecule has 2 amide bonds. The zero-order valence-corrected chi connectivity index (χ0v) is 14.1. The average molecular weight is 390 g/mol. The lowest BCUT2D eigenvalue weighted by atomic mass is 10.1. The number of carbonyl (C=O) groups excluding carboxylic acids is 2. The molecule has 10 heteroatoms. The van der Waals surface area contributed by atoms with Crippen molar-refractivity contribution < 1.29 is 22.8 Å². The molecule has 1 N–H and O–H groups in total. The molecule has 2 aromatic rings. The number of carbonyl (C=O) groups is 2. The number of hydrogen-bond acceptors (Lipinski definition) is 4. The summed E-state index contributed by atoms with van der Waals surface area (Å²) in [4.78, 5) is 29.2. The van der Waals surface area contributed by atoms with Gasteiger partial charge in [-0.25, -0.2) is 4.98 Å². The third-order valence-electron chi connectivity index (χ3n) is 3.58. The number of nitrogens with one attached hydrogen (secondary N) is 1. The molecule has 1 aliphatic heterocycles. The highest BCUT2D eigenvalue weighted by atomic mass is 35.5. The Morgan fingerprint density at radius 2 is 2.12 bits per heavy atom. The second-order valence-corrected chi connectivity index (χ2v) is 6.59. The van der Waals surface area contributed by atoms with Crippen molar-refractivity contribution in [2.24, 2.45) is 0 Å². The molecule has 1 aromatic heterocycles. The highest BCUT2D eigenvalue weighted by molar-refractivity contribution is 7.14. The molecule has 1 fully saturated rings. The summed E-state index contributed by atoms with van der Waals surface area (Å²) in [6, 6.07) is 4.39. The van der Waals surface area contributed by atoms with Crippen molar-refractivity contribution >= 4 is 45.6 Å². The van der Waals surface area contributed by atoms with Crippen LogP contribution in [-0.4, -0.2) is 23.3 Å². The SMILES string of the molecule is O=C(Nc1nc(C(F)(F)F)cs1)c1ccc(Cl)cc1N1CCCC1=O. The van der Waals surface area contributed by atoms with Gasteiger partial charge in [0.25, 0.3) is 5.91 Å². The first kappa shape index (κ1) is 17.7. The molecular weight excluding hydrogens is 379 g/mol. The van der Waals surface area contributed by atoms with Gasteiger partial charge < -0.3 is 4.90 Å². The first-order valence-corrected chi connectivity index (χ1v) is 8.45. The van der Waals surface area contributed by atoms with Crippen LogP contribution in [0.4, 0.5) is 24.0 Å². The van der Waals surface area contributed by atoms with E-state index in [0.717, 1.165) is 5.38 Å². The zero-order chi connectivity index (χ0) is 18.2. The van der Waals surface area contributed by atoms with Crippen LogP contribution in [0.25, 0.3) is 0 Å². The van der Waals surface area contributed by atoms with Gasteiger partial charge in [0.05, 0.1) is 11.3 Å². The van der Waals surface area contributed by atoms with Crippen molar-refractivity contribution in [3.05, 3.63) is 39.9 Å². The molecule has 0 saturated carbocycles. The monoisotopic (exact) mass is 389 g/mol. The number of alkyl halides is 3. The molecule has 25 heavy (non-hydrogen) atoms. The van der Waals surface area contributed by atoms with Gasteiger partial charge in [0.15, 0.2) is 10.8 Å². The Hall–Kier alpha value is -2.13. The maximum atomic E-state index is 12.6. The minimum absolute atomic E-state index is 0.134. The molecule has 2 heterocycles. The van der Waals surface area contributed by atoms with E-state index in [1.54, 1.807) is 0 Å². The minimum atomic E-state index is -4.58. The summed E-state index contributed by atoms with van der Waals surface area (Å²) in [5.74, 6) is -0.792. The van der Waals surface area contributed by atoms with E-state index in [1.807, 2.05) is 0 Å². The summed E-state index contributed by atoms with van der Waals surface area (Å²) >= 11 is 6.63. The molecule has 0 atom stereocenters. The first-order chi connectivity index (χ1) is 11.8. The van der Waals surface area contributed by atoms with Crippen molar-refractivity contribution in [2.45, 2.75) is 19.0 Å². The lowest BCUT2D eigenvalue weighted by molar-refractivity contribution is -0.140. The smallest absolute Gasteiger partial charge is 0.312 e. The summed E-state index contributed by atoms with van der Waals surface area (Å²) in [6.45, 7) is 0.453. The molecule has 0 bridgehead atoms. The van der Waals surface area contributed by atoms with Crippen LogP contribution >= 0.6 is 22.9 Å². The number of halogens is 4. The van der Waals surface area contributed by atoms with E-state index in [0.29, 0.717) is 41.4 Å². The van der Waals surface area contributed by atoms with Crippen LogP contribution in [0.15, 0.2) is 23.6 Å². The van der Waals surface area contributed by atoms with Gasteiger partial charge in [0.2, 0.25) is 5.91 Å². The van der Waals surface area contributed by atoms with E-state index in [-0.39, 0.29) is 16.6 Å². The Labute approximate surface area is 149 Å². The maximum Gasteiger partial charge on any atom is 0.434 e. The van der Waals surface area contributed by atoms with Gasteiger partial charge in [-0.15, -0.1) is 11.3 Å². The van der Waals surface area contributed by atoms with Gasteiger partial charge in [-0.05, 0) is 24.6 Å². The fourth-order valence-electron chi connectivity index (χ4n) is 2.45. The minimum Gasteiger partial charge on any atom is -0.312 e. The highest BCUT2D eigenvalue weighted by Gasteiger charge is 2.34. The molecule has 132 valence electrons. The lowest BCUT2D eigenvalue weighted by Gasteiger charge is -2.19. The topological polar surface area (TPSA) is 62.3 Å². The Morgan fingerprint density at radius 1 is 1.36 bits per heavy atom. The number of nitrogens with zero attached hydrogens (tertiary/aromatic N) is 2. The van der Waals surface area contributed by atoms with Crippen molar-refractivity contribution in [1.29, 1.82) is 0 Å². The van der Waals surface area contributed by atoms with Crippen LogP contribution in [0.2, 0.25) is 5.02 Å². The summed E-state index contributed by atoms with van der Waals surface area (Å²) in [5, 5.41) is 3.33. The summed E-state index contributed by atoms with van der Waals surface area (Å²) in [5.41, 5.74) is -0.595. The zero-order valence-electron chi connectivity index (χ0n) is 12.6. The number of hydrogen-bond donors (Lipinski definition) is 1. The van der Waals surface area contributed by atoms with Gasteiger partial charge >= 0.3 is 6.18 Å². The van der Waals surface area contributed by atoms with Crippen molar-refractivity contribution in [3.63, 3.8) is 0 Å². The number of anilines is 2. The van der Waals surface area contributed by atoms with Crippen molar-refractivity contribution in [1.82, 2.24) is 4.98 Å². The molecular formula is C15H11ClF3N3O2S. The fraction of sp³-hybridized carbons (Fsp3) is 0.267. The third-order valence-corrected chi connectivity index (χ3v) is 4.58. The van der Waals surface area contributed by atoms with Crippen LogP contribution in [0, 0.1) is 0 Å². The third kappa shape index (κ3) is 3.77. The average Bonchev–Trinajstić information content (AvgIpc) is 3.15. The predicted molar refractivity (Wildman–Crippen MR) is 88.1 cm³/mol. The molecule has 1 aromatic carbocycles. The van der Waals surface area contributed by atoms with E-state index in [4.69, 9.17) is 11.6 Å². The molecule has 0 unspecified atom stereocenters. The number of amides is 2. The number of rotatable bonds is 3. The Bertz CT molecular complexity index is 838. The van der Waals surface area contributed by atoms with Crippen molar-refractivity contribution in [3.8, 4) is 0 Å². The van der Waals surface area contributed by atoms with Crippen LogP contribution in [0.3, 0.4) is 0 Å². The predicted octanol–water partition coefficient (Wildman–Crippen LogP) is 4.19. The molecule has 1 saturated heterocycles. The Morgan fingerprint density at radius 3 is 2.72 bits per heavy atom. The second-order valence-electron chi connectivity index (χ2n) is 5.30. The summed E-state index contributed by atoms with van der Waals surface area (Å²) in [7, 11) is 0. The van der Waals surface area contributed by atoms with Gasteiger partial charge in [-0.1, -0.05) is 11.6 Å². The maximum absolute atomic E-state index is 12.6. The van der Waals surface area contributed by atoms with Crippen LogP contribution in [0.5, 0.6) is 0 Å². The highest BCUT2D eigenvalue weighted by Crippen LogP contribution is 2.33. The lowest BCUT2D eigenvalue weighted by Crippen LogP contribution is -2.27. The Kier molecular flexibility index (Phi) is 4.70. The number of aromatic nitrogens is 1. The Balaban J connectivity index is 1.87. The van der Waals surface area contributed by atoms with Crippen LogP contribution in [-0.2, 0) is 11.0 Å². The quantitative estimate of drug-likeness (QED) is 0.856. The molecule has 1 aliphatic rings. The van der Waals surface area contributed by atoms with E-state index in [1.165, 1.54) is 23.1 Å². The number of benzene rings is 1. The largest absolute Gasteiger partial charge is 0.434 e. The number of thiazole rings is 1. The molecule has 0 radical (unpaired) electrons. The standard InChI is InChI=1S/C15H11ClF3N3O2S/c16-8-3-4-9(10(6-8)22-5-1-2-12(22)23)13(24)21-14-20-11(7-25-14)15(17,18)19/h3-4,6-7H,1-2,5H2,(H,20,21,24). The van der Waals surface area contributed by atoms with E-state index in [9.17, 15) is 22.8 Å². The molecule has 5 nitrogen and oxygen atoms in total. The van der Waals surface area contributed by atoms with Gasteiger partial charge in [-0.2, -0.15) is 13.2 Å². The summed E-state index contributed by atoms with van der Waals surface area (Å²) in [6.07, 6.45) is -3.55. The molecule has 0 aliphatic carbocycles. The van der Waals surface area contributed by atoms with E-state index in [2.05, 4.69) is 10.3 Å².